The quantitative estimate of drug-likeness (QED) is 0.865. The van der Waals surface area contributed by atoms with Gasteiger partial charge in [0, 0.05) is 13.6 Å². The van der Waals surface area contributed by atoms with E-state index in [0.717, 1.165) is 24.5 Å². The van der Waals surface area contributed by atoms with E-state index in [0.29, 0.717) is 13.2 Å². The largest absolute Gasteiger partial charge is 0.367 e. The average Bonchev–Trinajstić information content (AvgIpc) is 2.83. The molecule has 0 aromatic carbocycles. The highest BCUT2D eigenvalue weighted by atomic mass is 16.5. The summed E-state index contributed by atoms with van der Waals surface area (Å²) in [6, 6.07) is 0. The molecule has 1 aliphatic rings. The normalized spacial score (nSPS) is 28.5. The van der Waals surface area contributed by atoms with Gasteiger partial charge in [-0.25, -0.2) is 0 Å². The van der Waals surface area contributed by atoms with Crippen molar-refractivity contribution < 1.29 is 4.74 Å². The van der Waals surface area contributed by atoms with Crippen LogP contribution in [0.4, 0.5) is 0 Å². The van der Waals surface area contributed by atoms with E-state index in [-0.39, 0.29) is 5.60 Å². The third-order valence-corrected chi connectivity index (χ3v) is 4.14. The third kappa shape index (κ3) is 3.09. The van der Waals surface area contributed by atoms with Crippen LogP contribution in [0.15, 0.2) is 6.20 Å². The molecule has 0 aliphatic heterocycles. The molecular formula is C13H24N4O. The molecule has 5 nitrogen and oxygen atoms in total. The maximum Gasteiger partial charge on any atom is 0.108 e. The van der Waals surface area contributed by atoms with E-state index in [1.165, 1.54) is 19.3 Å². The molecule has 2 rings (SSSR count). The lowest BCUT2D eigenvalue weighted by atomic mass is 9.77. The van der Waals surface area contributed by atoms with Gasteiger partial charge in [0.05, 0.1) is 18.4 Å². The summed E-state index contributed by atoms with van der Waals surface area (Å²) in [7, 11) is 1.86. The molecule has 0 bridgehead atoms. The average molecular weight is 252 g/mol. The van der Waals surface area contributed by atoms with Gasteiger partial charge in [0.2, 0.25) is 0 Å². The molecule has 1 aromatic heterocycles. The second-order valence-electron chi connectivity index (χ2n) is 5.41. The number of hydrogen-bond donors (Lipinski definition) is 1. The van der Waals surface area contributed by atoms with Gasteiger partial charge in [0.1, 0.15) is 5.69 Å². The van der Waals surface area contributed by atoms with Crippen LogP contribution in [0.2, 0.25) is 0 Å². The Hall–Kier alpha value is -0.940. The molecule has 0 amide bonds. The predicted octanol–water partition coefficient (Wildman–Crippen LogP) is 1.63. The van der Waals surface area contributed by atoms with Gasteiger partial charge in [-0.05, 0) is 31.6 Å². The Morgan fingerprint density at radius 3 is 2.72 bits per heavy atom. The maximum atomic E-state index is 6.07. The minimum absolute atomic E-state index is 0.136. The zero-order valence-corrected chi connectivity index (χ0v) is 11.4. The molecule has 2 N–H and O–H groups in total. The van der Waals surface area contributed by atoms with Gasteiger partial charge in [-0.15, -0.1) is 5.10 Å². The molecule has 1 saturated carbocycles. The van der Waals surface area contributed by atoms with Crippen LogP contribution in [0.3, 0.4) is 0 Å². The summed E-state index contributed by atoms with van der Waals surface area (Å²) in [5.74, 6) is 0.852. The summed E-state index contributed by atoms with van der Waals surface area (Å²) < 4.78 is 7.77. The summed E-state index contributed by atoms with van der Waals surface area (Å²) in [6.45, 7) is 3.38. The van der Waals surface area contributed by atoms with Gasteiger partial charge >= 0.3 is 0 Å². The zero-order valence-electron chi connectivity index (χ0n) is 11.4. The molecule has 0 atom stereocenters. The Kier molecular flexibility index (Phi) is 4.35. The second kappa shape index (κ2) is 5.80. The summed E-state index contributed by atoms with van der Waals surface area (Å²) in [5.41, 5.74) is 6.67. The molecule has 0 spiro atoms. The highest BCUT2D eigenvalue weighted by molar-refractivity contribution is 4.93. The molecule has 1 aliphatic carbocycles. The van der Waals surface area contributed by atoms with Crippen LogP contribution in [0, 0.1) is 5.92 Å². The van der Waals surface area contributed by atoms with Crippen LogP contribution in [0.5, 0.6) is 0 Å². The first-order valence-corrected chi connectivity index (χ1v) is 6.86. The molecular weight excluding hydrogens is 228 g/mol. The first kappa shape index (κ1) is 13.5. The van der Waals surface area contributed by atoms with Gasteiger partial charge < -0.3 is 10.5 Å². The van der Waals surface area contributed by atoms with Crippen LogP contribution in [-0.4, -0.2) is 27.1 Å². The fourth-order valence-corrected chi connectivity index (χ4v) is 2.71. The second-order valence-corrected chi connectivity index (χ2v) is 5.41. The van der Waals surface area contributed by atoms with Crippen LogP contribution in [-0.2, 0) is 18.4 Å². The topological polar surface area (TPSA) is 66.0 Å². The smallest absolute Gasteiger partial charge is 0.108 e. The maximum absolute atomic E-state index is 6.07. The van der Waals surface area contributed by atoms with Gasteiger partial charge in [-0.3, -0.25) is 4.68 Å². The zero-order chi connectivity index (χ0) is 13.0. The monoisotopic (exact) mass is 252 g/mol. The summed E-state index contributed by atoms with van der Waals surface area (Å²) in [6.07, 6.45) is 7.76. The Morgan fingerprint density at radius 2 is 2.22 bits per heavy atom. The number of ether oxygens (including phenoxy) is 1. The van der Waals surface area contributed by atoms with Crippen molar-refractivity contribution in [1.29, 1.82) is 0 Å². The highest BCUT2D eigenvalue weighted by Crippen LogP contribution is 2.36. The van der Waals surface area contributed by atoms with Crippen molar-refractivity contribution in [2.24, 2.45) is 18.7 Å². The van der Waals surface area contributed by atoms with Gasteiger partial charge in [-0.2, -0.15) is 0 Å². The minimum Gasteiger partial charge on any atom is -0.367 e. The Balaban J connectivity index is 1.89. The molecule has 5 heteroatoms. The predicted molar refractivity (Wildman–Crippen MR) is 69.8 cm³/mol. The van der Waals surface area contributed by atoms with Gasteiger partial charge in [-0.1, -0.05) is 18.6 Å². The van der Waals surface area contributed by atoms with Crippen molar-refractivity contribution in [1.82, 2.24) is 15.0 Å². The SMILES string of the molecule is CCC1CCC(CN)(OCc2cn(C)nn2)CC1. The minimum atomic E-state index is -0.136. The number of aromatic nitrogens is 3. The van der Waals surface area contributed by atoms with E-state index in [2.05, 4.69) is 17.2 Å². The van der Waals surface area contributed by atoms with Crippen molar-refractivity contribution >= 4 is 0 Å². The van der Waals surface area contributed by atoms with Gasteiger partial charge in [0.25, 0.3) is 0 Å². The third-order valence-electron chi connectivity index (χ3n) is 4.14. The molecule has 1 heterocycles. The highest BCUT2D eigenvalue weighted by Gasteiger charge is 2.34. The molecule has 1 fully saturated rings. The molecule has 0 saturated heterocycles. The van der Waals surface area contributed by atoms with Crippen LogP contribution < -0.4 is 5.73 Å². The number of aryl methyl sites for hydroxylation is 1. The van der Waals surface area contributed by atoms with Crippen molar-refractivity contribution in [2.75, 3.05) is 6.54 Å². The lowest BCUT2D eigenvalue weighted by Crippen LogP contribution is -2.43. The van der Waals surface area contributed by atoms with E-state index in [9.17, 15) is 0 Å². The fourth-order valence-electron chi connectivity index (χ4n) is 2.71. The number of hydrogen-bond acceptors (Lipinski definition) is 4. The van der Waals surface area contributed by atoms with Crippen molar-refractivity contribution in [3.63, 3.8) is 0 Å². The van der Waals surface area contributed by atoms with E-state index in [4.69, 9.17) is 10.5 Å². The first-order chi connectivity index (χ1) is 8.67. The van der Waals surface area contributed by atoms with E-state index < -0.39 is 0 Å². The summed E-state index contributed by atoms with van der Waals surface area (Å²) in [4.78, 5) is 0. The lowest BCUT2D eigenvalue weighted by Gasteiger charge is -2.39. The molecule has 0 radical (unpaired) electrons. The number of nitrogens with two attached hydrogens (primary N) is 1. The Morgan fingerprint density at radius 1 is 1.50 bits per heavy atom. The van der Waals surface area contributed by atoms with Crippen molar-refractivity contribution in [3.8, 4) is 0 Å². The molecule has 0 unspecified atom stereocenters. The molecule has 102 valence electrons. The van der Waals surface area contributed by atoms with Crippen LogP contribution in [0.1, 0.15) is 44.7 Å². The van der Waals surface area contributed by atoms with Gasteiger partial charge in [0.15, 0.2) is 0 Å². The van der Waals surface area contributed by atoms with Crippen molar-refractivity contribution in [2.45, 2.75) is 51.2 Å². The van der Waals surface area contributed by atoms with Crippen molar-refractivity contribution in [3.05, 3.63) is 11.9 Å². The van der Waals surface area contributed by atoms with Crippen LogP contribution in [0.25, 0.3) is 0 Å². The number of nitrogens with zero attached hydrogens (tertiary/aromatic N) is 3. The fraction of sp³-hybridized carbons (Fsp3) is 0.846. The van der Waals surface area contributed by atoms with E-state index >= 15 is 0 Å². The number of rotatable bonds is 5. The lowest BCUT2D eigenvalue weighted by molar-refractivity contribution is -0.0823. The Bertz CT molecular complexity index is 369. The molecule has 1 aromatic rings. The van der Waals surface area contributed by atoms with E-state index in [1.807, 2.05) is 13.2 Å². The summed E-state index contributed by atoms with van der Waals surface area (Å²) >= 11 is 0. The standard InChI is InChI=1S/C13H24N4O/c1-3-11-4-6-13(10-14,7-5-11)18-9-12-8-17(2)16-15-12/h8,11H,3-7,9-10,14H2,1-2H3. The first-order valence-electron chi connectivity index (χ1n) is 6.86. The van der Waals surface area contributed by atoms with E-state index in [1.54, 1.807) is 4.68 Å². The van der Waals surface area contributed by atoms with Crippen LogP contribution >= 0.6 is 0 Å². The summed E-state index contributed by atoms with van der Waals surface area (Å²) in [5, 5.41) is 7.95. The molecule has 18 heavy (non-hydrogen) atoms. The Labute approximate surface area is 109 Å².